The van der Waals surface area contributed by atoms with E-state index in [0.717, 1.165) is 13.1 Å². The van der Waals surface area contributed by atoms with Gasteiger partial charge >= 0.3 is 5.97 Å². The zero-order chi connectivity index (χ0) is 10.3. The molecule has 0 aliphatic rings. The van der Waals surface area contributed by atoms with Gasteiger partial charge in [-0.25, -0.2) is 4.79 Å². The first-order valence-corrected chi connectivity index (χ1v) is 4.72. The summed E-state index contributed by atoms with van der Waals surface area (Å²) in [6, 6.07) is 0. The molecule has 0 aliphatic heterocycles. The number of carboxylic acid groups (broad SMARTS) is 1. The maximum Gasteiger partial charge on any atom is 0.334 e. The second-order valence-corrected chi connectivity index (χ2v) is 2.77. The number of hydrogen-bond acceptors (Lipinski definition) is 3. The van der Waals surface area contributed by atoms with Gasteiger partial charge in [0.1, 0.15) is 0 Å². The standard InChI is InChI=1S/C9H19NO3/c1-4-10(5-2)7-8(9(11)12)13-6-3/h8H,4-7H2,1-3H3,(H,11,12). The Morgan fingerprint density at radius 1 is 1.38 bits per heavy atom. The molecule has 0 aromatic carbocycles. The van der Waals surface area contributed by atoms with Crippen LogP contribution in [0.3, 0.4) is 0 Å². The van der Waals surface area contributed by atoms with Gasteiger partial charge in [-0.05, 0) is 20.0 Å². The van der Waals surface area contributed by atoms with E-state index in [1.807, 2.05) is 18.7 Å². The summed E-state index contributed by atoms with van der Waals surface area (Å²) < 4.78 is 5.10. The zero-order valence-electron chi connectivity index (χ0n) is 8.62. The van der Waals surface area contributed by atoms with Gasteiger partial charge in [0.05, 0.1) is 0 Å². The van der Waals surface area contributed by atoms with Crippen LogP contribution in [-0.4, -0.2) is 48.3 Å². The molecule has 0 bridgehead atoms. The third kappa shape index (κ3) is 4.85. The number of nitrogens with zero attached hydrogens (tertiary/aromatic N) is 1. The summed E-state index contributed by atoms with van der Waals surface area (Å²) in [5, 5.41) is 8.79. The monoisotopic (exact) mass is 189 g/mol. The number of carbonyl (C=O) groups is 1. The number of aliphatic carboxylic acids is 1. The van der Waals surface area contributed by atoms with Crippen molar-refractivity contribution in [1.29, 1.82) is 0 Å². The third-order valence-corrected chi connectivity index (χ3v) is 1.96. The molecule has 78 valence electrons. The molecular weight excluding hydrogens is 170 g/mol. The fourth-order valence-corrected chi connectivity index (χ4v) is 1.12. The number of hydrogen-bond donors (Lipinski definition) is 1. The van der Waals surface area contributed by atoms with Gasteiger partial charge in [0.25, 0.3) is 0 Å². The largest absolute Gasteiger partial charge is 0.479 e. The van der Waals surface area contributed by atoms with E-state index < -0.39 is 12.1 Å². The average molecular weight is 189 g/mol. The number of likely N-dealkylation sites (N-methyl/N-ethyl adjacent to an activating group) is 1. The fourth-order valence-electron chi connectivity index (χ4n) is 1.12. The van der Waals surface area contributed by atoms with Gasteiger partial charge in [0, 0.05) is 13.2 Å². The SMILES string of the molecule is CCOC(CN(CC)CC)C(=O)O. The second kappa shape index (κ2) is 6.86. The Bertz CT molecular complexity index is 146. The van der Waals surface area contributed by atoms with Gasteiger partial charge in [0.2, 0.25) is 0 Å². The lowest BCUT2D eigenvalue weighted by Gasteiger charge is -2.22. The maximum absolute atomic E-state index is 10.7. The molecule has 1 unspecified atom stereocenters. The van der Waals surface area contributed by atoms with Crippen LogP contribution in [0.1, 0.15) is 20.8 Å². The zero-order valence-corrected chi connectivity index (χ0v) is 8.62. The van der Waals surface area contributed by atoms with Crippen LogP contribution in [0.4, 0.5) is 0 Å². The Morgan fingerprint density at radius 2 is 1.92 bits per heavy atom. The van der Waals surface area contributed by atoms with Crippen LogP contribution in [-0.2, 0) is 9.53 Å². The highest BCUT2D eigenvalue weighted by atomic mass is 16.5. The van der Waals surface area contributed by atoms with Crippen molar-refractivity contribution in [2.24, 2.45) is 0 Å². The van der Waals surface area contributed by atoms with Crippen LogP contribution in [0.15, 0.2) is 0 Å². The molecule has 0 rings (SSSR count). The molecule has 1 N–H and O–H groups in total. The fraction of sp³-hybridized carbons (Fsp3) is 0.889. The topological polar surface area (TPSA) is 49.8 Å². The minimum Gasteiger partial charge on any atom is -0.479 e. The molecule has 0 fully saturated rings. The Kier molecular flexibility index (Phi) is 6.54. The molecule has 4 heteroatoms. The molecule has 0 radical (unpaired) electrons. The Labute approximate surface area is 79.5 Å². The lowest BCUT2D eigenvalue weighted by atomic mass is 10.3. The number of carboxylic acids is 1. The van der Waals surface area contributed by atoms with Gasteiger partial charge in [-0.1, -0.05) is 13.8 Å². The van der Waals surface area contributed by atoms with Crippen molar-refractivity contribution in [3.63, 3.8) is 0 Å². The highest BCUT2D eigenvalue weighted by molar-refractivity contribution is 5.72. The lowest BCUT2D eigenvalue weighted by molar-refractivity contribution is -0.151. The summed E-state index contributed by atoms with van der Waals surface area (Å²) in [6.07, 6.45) is -0.690. The van der Waals surface area contributed by atoms with E-state index in [4.69, 9.17) is 9.84 Å². The minimum atomic E-state index is -0.881. The molecule has 0 aromatic heterocycles. The van der Waals surface area contributed by atoms with Crippen LogP contribution in [0.25, 0.3) is 0 Å². The summed E-state index contributed by atoms with van der Waals surface area (Å²) in [4.78, 5) is 12.7. The summed E-state index contributed by atoms with van der Waals surface area (Å²) in [5.74, 6) is -0.881. The molecule has 13 heavy (non-hydrogen) atoms. The van der Waals surface area contributed by atoms with Crippen LogP contribution >= 0.6 is 0 Å². The van der Waals surface area contributed by atoms with Crippen molar-refractivity contribution in [2.45, 2.75) is 26.9 Å². The van der Waals surface area contributed by atoms with Crippen molar-refractivity contribution in [3.8, 4) is 0 Å². The van der Waals surface area contributed by atoms with E-state index in [1.165, 1.54) is 0 Å². The maximum atomic E-state index is 10.7. The van der Waals surface area contributed by atoms with Crippen LogP contribution in [0.5, 0.6) is 0 Å². The van der Waals surface area contributed by atoms with E-state index in [1.54, 1.807) is 6.92 Å². The van der Waals surface area contributed by atoms with Crippen LogP contribution in [0, 0.1) is 0 Å². The van der Waals surface area contributed by atoms with E-state index in [2.05, 4.69) is 0 Å². The van der Waals surface area contributed by atoms with Crippen LogP contribution < -0.4 is 0 Å². The number of rotatable bonds is 7. The van der Waals surface area contributed by atoms with Gasteiger partial charge in [-0.3, -0.25) is 0 Å². The molecule has 0 spiro atoms. The van der Waals surface area contributed by atoms with Gasteiger partial charge < -0.3 is 14.7 Å². The molecule has 0 heterocycles. The molecule has 0 aromatic rings. The van der Waals surface area contributed by atoms with Gasteiger partial charge in [0.15, 0.2) is 6.10 Å². The number of ether oxygens (including phenoxy) is 1. The summed E-state index contributed by atoms with van der Waals surface area (Å²) in [5.41, 5.74) is 0. The quantitative estimate of drug-likeness (QED) is 0.644. The highest BCUT2D eigenvalue weighted by Gasteiger charge is 2.19. The predicted molar refractivity (Wildman–Crippen MR) is 50.8 cm³/mol. The van der Waals surface area contributed by atoms with Crippen molar-refractivity contribution < 1.29 is 14.6 Å². The van der Waals surface area contributed by atoms with Crippen molar-refractivity contribution >= 4 is 5.97 Å². The molecule has 4 nitrogen and oxygen atoms in total. The Balaban J connectivity index is 3.99. The van der Waals surface area contributed by atoms with Gasteiger partial charge in [-0.2, -0.15) is 0 Å². The minimum absolute atomic E-state index is 0.443. The highest BCUT2D eigenvalue weighted by Crippen LogP contribution is 1.97. The Hall–Kier alpha value is -0.610. The first-order chi connectivity index (χ1) is 6.15. The van der Waals surface area contributed by atoms with Crippen molar-refractivity contribution in [1.82, 2.24) is 4.90 Å². The second-order valence-electron chi connectivity index (χ2n) is 2.77. The molecule has 0 saturated heterocycles. The van der Waals surface area contributed by atoms with Crippen LogP contribution in [0.2, 0.25) is 0 Å². The molecular formula is C9H19NO3. The van der Waals surface area contributed by atoms with E-state index in [9.17, 15) is 4.79 Å². The molecule has 0 saturated carbocycles. The van der Waals surface area contributed by atoms with E-state index in [-0.39, 0.29) is 0 Å². The van der Waals surface area contributed by atoms with Crippen molar-refractivity contribution in [3.05, 3.63) is 0 Å². The summed E-state index contributed by atoms with van der Waals surface area (Å²) >= 11 is 0. The first-order valence-electron chi connectivity index (χ1n) is 4.72. The Morgan fingerprint density at radius 3 is 2.23 bits per heavy atom. The molecule has 0 aliphatic carbocycles. The average Bonchev–Trinajstić information content (AvgIpc) is 2.11. The lowest BCUT2D eigenvalue weighted by Crippen LogP contribution is -2.38. The predicted octanol–water partition coefficient (Wildman–Crippen LogP) is 0.818. The third-order valence-electron chi connectivity index (χ3n) is 1.96. The molecule has 1 atom stereocenters. The van der Waals surface area contributed by atoms with E-state index >= 15 is 0 Å². The summed E-state index contributed by atoms with van der Waals surface area (Å²) in [6.45, 7) is 8.44. The van der Waals surface area contributed by atoms with Crippen molar-refractivity contribution in [2.75, 3.05) is 26.2 Å². The summed E-state index contributed by atoms with van der Waals surface area (Å²) in [7, 11) is 0. The smallest absolute Gasteiger partial charge is 0.334 e. The van der Waals surface area contributed by atoms with Gasteiger partial charge in [-0.15, -0.1) is 0 Å². The normalized spacial score (nSPS) is 13.2. The first kappa shape index (κ1) is 12.4. The van der Waals surface area contributed by atoms with E-state index in [0.29, 0.717) is 13.2 Å². The molecule has 0 amide bonds.